The van der Waals surface area contributed by atoms with Gasteiger partial charge in [-0.3, -0.25) is 0 Å². The molecule has 0 saturated carbocycles. The SMILES string of the molecule is C1=CCCCC1.[Sn]. The molecule has 0 atom stereocenters. The van der Waals surface area contributed by atoms with Crippen LogP contribution in [-0.4, -0.2) is 23.9 Å². The van der Waals surface area contributed by atoms with Crippen LogP contribution < -0.4 is 0 Å². The van der Waals surface area contributed by atoms with Crippen molar-refractivity contribution >= 4 is 23.9 Å². The average Bonchev–Trinajstić information content (AvgIpc) is 1.72. The fourth-order valence-corrected chi connectivity index (χ4v) is 0.760. The number of hydrogen-bond acceptors (Lipinski definition) is 0. The van der Waals surface area contributed by atoms with Crippen LogP contribution in [0.5, 0.6) is 0 Å². The molecule has 0 aromatic carbocycles. The van der Waals surface area contributed by atoms with Crippen molar-refractivity contribution in [3.05, 3.63) is 12.2 Å². The van der Waals surface area contributed by atoms with E-state index in [1.807, 2.05) is 0 Å². The monoisotopic (exact) mass is 202 g/mol. The maximum absolute atomic E-state index is 2.27. The third-order valence-corrected chi connectivity index (χ3v) is 1.16. The Hall–Kier alpha value is 0.539. The molecule has 0 unspecified atom stereocenters. The molecule has 0 aromatic heterocycles. The molecule has 0 aliphatic heterocycles. The number of hydrogen-bond donors (Lipinski definition) is 0. The van der Waals surface area contributed by atoms with Gasteiger partial charge < -0.3 is 0 Å². The second-order valence-electron chi connectivity index (χ2n) is 1.76. The first kappa shape index (κ1) is 7.54. The van der Waals surface area contributed by atoms with E-state index in [4.69, 9.17) is 0 Å². The molecule has 0 saturated heterocycles. The van der Waals surface area contributed by atoms with Gasteiger partial charge in [0, 0.05) is 23.9 Å². The van der Waals surface area contributed by atoms with Crippen molar-refractivity contribution in [2.75, 3.05) is 0 Å². The van der Waals surface area contributed by atoms with Crippen LogP contribution in [0.3, 0.4) is 0 Å². The molecule has 0 nitrogen and oxygen atoms in total. The van der Waals surface area contributed by atoms with Crippen LogP contribution in [0.1, 0.15) is 25.7 Å². The molecule has 0 bridgehead atoms. The number of allylic oxidation sites excluding steroid dienone is 2. The molecule has 4 radical (unpaired) electrons. The third kappa shape index (κ3) is 3.15. The van der Waals surface area contributed by atoms with Crippen molar-refractivity contribution in [2.45, 2.75) is 25.7 Å². The number of rotatable bonds is 0. The summed E-state index contributed by atoms with van der Waals surface area (Å²) < 4.78 is 0. The maximum Gasteiger partial charge on any atom is 0 e. The van der Waals surface area contributed by atoms with E-state index in [9.17, 15) is 0 Å². The normalized spacial score (nSPS) is 18.3. The van der Waals surface area contributed by atoms with Gasteiger partial charge in [0.25, 0.3) is 0 Å². The summed E-state index contributed by atoms with van der Waals surface area (Å²) in [4.78, 5) is 0. The molecule has 0 heterocycles. The van der Waals surface area contributed by atoms with E-state index >= 15 is 0 Å². The summed E-state index contributed by atoms with van der Waals surface area (Å²) in [5, 5.41) is 0. The molecule has 0 amide bonds. The standard InChI is InChI=1S/C6H10.Sn/c1-2-4-6-5-3-1;/h1-2H,3-6H2;. The van der Waals surface area contributed by atoms with Crippen LogP contribution in [0.25, 0.3) is 0 Å². The molecule has 1 rings (SSSR count). The van der Waals surface area contributed by atoms with Crippen LogP contribution in [0.2, 0.25) is 0 Å². The van der Waals surface area contributed by atoms with Gasteiger partial charge in [-0.1, -0.05) is 12.2 Å². The fraction of sp³-hybridized carbons (Fsp3) is 0.667. The van der Waals surface area contributed by atoms with E-state index in [2.05, 4.69) is 12.2 Å². The van der Waals surface area contributed by atoms with E-state index in [-0.39, 0.29) is 23.9 Å². The van der Waals surface area contributed by atoms with E-state index in [0.717, 1.165) is 0 Å². The van der Waals surface area contributed by atoms with E-state index < -0.39 is 0 Å². The van der Waals surface area contributed by atoms with Gasteiger partial charge in [-0.2, -0.15) is 0 Å². The molecular weight excluding hydrogens is 191 g/mol. The van der Waals surface area contributed by atoms with Crippen LogP contribution in [0, 0.1) is 0 Å². The molecule has 0 spiro atoms. The topological polar surface area (TPSA) is 0 Å². The Morgan fingerprint density at radius 3 is 1.43 bits per heavy atom. The summed E-state index contributed by atoms with van der Waals surface area (Å²) in [6.45, 7) is 0. The molecule has 0 fully saturated rings. The van der Waals surface area contributed by atoms with Crippen molar-refractivity contribution in [2.24, 2.45) is 0 Å². The van der Waals surface area contributed by atoms with E-state index in [1.165, 1.54) is 25.7 Å². The molecular formula is C6H10Sn. The molecule has 38 valence electrons. The van der Waals surface area contributed by atoms with Crippen molar-refractivity contribution in [3.63, 3.8) is 0 Å². The largest absolute Gasteiger partial charge is 0.0885 e. The Morgan fingerprint density at radius 2 is 1.29 bits per heavy atom. The minimum Gasteiger partial charge on any atom is -0.0885 e. The van der Waals surface area contributed by atoms with E-state index in [1.54, 1.807) is 0 Å². The second kappa shape index (κ2) is 4.69. The van der Waals surface area contributed by atoms with E-state index in [0.29, 0.717) is 0 Å². The molecule has 1 heteroatoms. The first-order valence-corrected chi connectivity index (χ1v) is 2.65. The van der Waals surface area contributed by atoms with Crippen LogP contribution in [0.15, 0.2) is 12.2 Å². The molecule has 1 aliphatic carbocycles. The quantitative estimate of drug-likeness (QED) is 0.413. The van der Waals surface area contributed by atoms with Crippen LogP contribution in [-0.2, 0) is 0 Å². The maximum atomic E-state index is 2.27. The Labute approximate surface area is 61.9 Å². The summed E-state index contributed by atoms with van der Waals surface area (Å²) >= 11 is 0. The fourth-order valence-electron chi connectivity index (χ4n) is 0.760. The Morgan fingerprint density at radius 1 is 0.857 bits per heavy atom. The van der Waals surface area contributed by atoms with Gasteiger partial charge in [0.1, 0.15) is 0 Å². The molecule has 1 aliphatic rings. The minimum absolute atomic E-state index is 0. The van der Waals surface area contributed by atoms with Crippen molar-refractivity contribution in [3.8, 4) is 0 Å². The van der Waals surface area contributed by atoms with Gasteiger partial charge in [-0.15, -0.1) is 0 Å². The van der Waals surface area contributed by atoms with Gasteiger partial charge in [-0.05, 0) is 25.7 Å². The van der Waals surface area contributed by atoms with Gasteiger partial charge >= 0.3 is 0 Å². The predicted octanol–water partition coefficient (Wildman–Crippen LogP) is 1.74. The Kier molecular flexibility index (Phi) is 5.05. The van der Waals surface area contributed by atoms with Gasteiger partial charge in [0.15, 0.2) is 0 Å². The summed E-state index contributed by atoms with van der Waals surface area (Å²) in [7, 11) is 0. The van der Waals surface area contributed by atoms with Crippen molar-refractivity contribution in [1.82, 2.24) is 0 Å². The Bertz CT molecular complexity index is 49.2. The molecule has 7 heavy (non-hydrogen) atoms. The summed E-state index contributed by atoms with van der Waals surface area (Å²) in [5.74, 6) is 0. The zero-order chi connectivity index (χ0) is 4.24. The summed E-state index contributed by atoms with van der Waals surface area (Å²) in [6.07, 6.45) is 10.0. The van der Waals surface area contributed by atoms with Gasteiger partial charge in [0.05, 0.1) is 0 Å². The van der Waals surface area contributed by atoms with Gasteiger partial charge in [0.2, 0.25) is 0 Å². The first-order chi connectivity index (χ1) is 3.00. The van der Waals surface area contributed by atoms with Crippen LogP contribution in [0.4, 0.5) is 0 Å². The smallest absolute Gasteiger partial charge is 0 e. The second-order valence-corrected chi connectivity index (χ2v) is 1.76. The zero-order valence-corrected chi connectivity index (χ0v) is 7.34. The van der Waals surface area contributed by atoms with Crippen LogP contribution >= 0.6 is 0 Å². The van der Waals surface area contributed by atoms with Gasteiger partial charge in [-0.25, -0.2) is 0 Å². The Balaban J connectivity index is 0.000000360. The average molecular weight is 201 g/mol. The predicted molar refractivity (Wildman–Crippen MR) is 33.4 cm³/mol. The molecule has 0 aromatic rings. The minimum atomic E-state index is 0. The summed E-state index contributed by atoms with van der Waals surface area (Å²) in [5.41, 5.74) is 0. The van der Waals surface area contributed by atoms with Crippen molar-refractivity contribution < 1.29 is 0 Å². The first-order valence-electron chi connectivity index (χ1n) is 2.65. The molecule has 0 N–H and O–H groups in total. The zero-order valence-electron chi connectivity index (χ0n) is 4.48. The van der Waals surface area contributed by atoms with Crippen molar-refractivity contribution in [1.29, 1.82) is 0 Å². The third-order valence-electron chi connectivity index (χ3n) is 1.16. The summed E-state index contributed by atoms with van der Waals surface area (Å²) in [6, 6.07) is 0.